The van der Waals surface area contributed by atoms with Gasteiger partial charge < -0.3 is 10.0 Å². The minimum atomic E-state index is -0.477. The standard InChI is InChI=1S/C15H18N2O/c1-11-6-4-5-7-14(11)17(3)15-9-8-13(10-16-15)12(2)18/h4-10,12,18H,1-3H3/t12-/m0/s1. The summed E-state index contributed by atoms with van der Waals surface area (Å²) in [5, 5.41) is 9.46. The topological polar surface area (TPSA) is 36.4 Å². The van der Waals surface area contributed by atoms with Crippen LogP contribution in [-0.2, 0) is 0 Å². The molecule has 2 aromatic rings. The van der Waals surface area contributed by atoms with Crippen molar-refractivity contribution in [3.05, 3.63) is 53.7 Å². The number of benzene rings is 1. The number of aliphatic hydroxyl groups excluding tert-OH is 1. The number of aromatic nitrogens is 1. The first kappa shape index (κ1) is 12.6. The van der Waals surface area contributed by atoms with Crippen LogP contribution in [0.5, 0.6) is 0 Å². The first-order chi connectivity index (χ1) is 8.59. The Morgan fingerprint density at radius 1 is 1.17 bits per heavy atom. The van der Waals surface area contributed by atoms with Crippen molar-refractivity contribution in [2.45, 2.75) is 20.0 Å². The molecule has 2 rings (SSSR count). The maximum atomic E-state index is 9.46. The molecule has 0 saturated carbocycles. The second kappa shape index (κ2) is 5.19. The molecule has 1 aromatic heterocycles. The zero-order valence-electron chi connectivity index (χ0n) is 11.0. The van der Waals surface area contributed by atoms with Gasteiger partial charge in [0.1, 0.15) is 5.82 Å². The average Bonchev–Trinajstić information content (AvgIpc) is 2.38. The molecule has 1 heterocycles. The molecule has 0 aliphatic heterocycles. The molecule has 94 valence electrons. The highest BCUT2D eigenvalue weighted by molar-refractivity contribution is 5.62. The van der Waals surface area contributed by atoms with Gasteiger partial charge in [-0.15, -0.1) is 0 Å². The second-order valence-electron chi connectivity index (χ2n) is 4.47. The van der Waals surface area contributed by atoms with Crippen LogP contribution in [0.2, 0.25) is 0 Å². The van der Waals surface area contributed by atoms with Crippen molar-refractivity contribution in [3.63, 3.8) is 0 Å². The van der Waals surface area contributed by atoms with Crippen molar-refractivity contribution in [2.24, 2.45) is 0 Å². The number of hydrogen-bond donors (Lipinski definition) is 1. The second-order valence-corrected chi connectivity index (χ2v) is 4.47. The monoisotopic (exact) mass is 242 g/mol. The maximum absolute atomic E-state index is 9.46. The Labute approximate surface area is 108 Å². The molecule has 0 aliphatic carbocycles. The third-order valence-corrected chi connectivity index (χ3v) is 3.07. The van der Waals surface area contributed by atoms with E-state index in [-0.39, 0.29) is 0 Å². The van der Waals surface area contributed by atoms with E-state index in [1.807, 2.05) is 36.2 Å². The number of para-hydroxylation sites is 1. The number of nitrogens with zero attached hydrogens (tertiary/aromatic N) is 2. The Morgan fingerprint density at radius 3 is 2.44 bits per heavy atom. The van der Waals surface area contributed by atoms with Crippen molar-refractivity contribution in [1.82, 2.24) is 4.98 Å². The van der Waals surface area contributed by atoms with Crippen LogP contribution < -0.4 is 4.90 Å². The molecule has 0 unspecified atom stereocenters. The highest BCUT2D eigenvalue weighted by Crippen LogP contribution is 2.25. The van der Waals surface area contributed by atoms with E-state index < -0.39 is 6.10 Å². The lowest BCUT2D eigenvalue weighted by Gasteiger charge is -2.20. The average molecular weight is 242 g/mol. The number of pyridine rings is 1. The molecule has 3 nitrogen and oxygen atoms in total. The molecule has 1 aromatic carbocycles. The fraction of sp³-hybridized carbons (Fsp3) is 0.267. The van der Waals surface area contributed by atoms with Crippen LogP contribution in [0.25, 0.3) is 0 Å². The van der Waals surface area contributed by atoms with Gasteiger partial charge in [-0.3, -0.25) is 0 Å². The van der Waals surface area contributed by atoms with E-state index in [2.05, 4.69) is 24.0 Å². The van der Waals surface area contributed by atoms with Crippen molar-refractivity contribution in [1.29, 1.82) is 0 Å². The first-order valence-electron chi connectivity index (χ1n) is 6.03. The van der Waals surface area contributed by atoms with E-state index in [9.17, 15) is 5.11 Å². The van der Waals surface area contributed by atoms with Gasteiger partial charge in [-0.1, -0.05) is 24.3 Å². The van der Waals surface area contributed by atoms with Crippen molar-refractivity contribution < 1.29 is 5.11 Å². The smallest absolute Gasteiger partial charge is 0.132 e. The summed E-state index contributed by atoms with van der Waals surface area (Å²) >= 11 is 0. The number of aliphatic hydroxyl groups is 1. The summed E-state index contributed by atoms with van der Waals surface area (Å²) in [6, 6.07) is 12.0. The predicted molar refractivity (Wildman–Crippen MR) is 74.1 cm³/mol. The zero-order valence-corrected chi connectivity index (χ0v) is 11.0. The molecule has 1 atom stereocenters. The van der Waals surface area contributed by atoms with E-state index in [1.54, 1.807) is 13.1 Å². The fourth-order valence-corrected chi connectivity index (χ4v) is 1.91. The third-order valence-electron chi connectivity index (χ3n) is 3.07. The van der Waals surface area contributed by atoms with Crippen LogP contribution in [0.4, 0.5) is 11.5 Å². The quantitative estimate of drug-likeness (QED) is 0.897. The van der Waals surface area contributed by atoms with E-state index >= 15 is 0 Å². The van der Waals surface area contributed by atoms with Crippen molar-refractivity contribution in [2.75, 3.05) is 11.9 Å². The lowest BCUT2D eigenvalue weighted by molar-refractivity contribution is 0.199. The molecule has 18 heavy (non-hydrogen) atoms. The van der Waals surface area contributed by atoms with E-state index in [4.69, 9.17) is 0 Å². The highest BCUT2D eigenvalue weighted by atomic mass is 16.3. The molecule has 0 spiro atoms. The summed E-state index contributed by atoms with van der Waals surface area (Å²) in [5.74, 6) is 0.869. The predicted octanol–water partition coefficient (Wildman–Crippen LogP) is 3.21. The molecule has 0 saturated heterocycles. The Balaban J connectivity index is 2.29. The first-order valence-corrected chi connectivity index (χ1v) is 6.03. The minimum absolute atomic E-state index is 0.477. The molecule has 0 radical (unpaired) electrons. The Bertz CT molecular complexity index is 520. The number of anilines is 2. The van der Waals surface area contributed by atoms with Crippen LogP contribution >= 0.6 is 0 Å². The van der Waals surface area contributed by atoms with Gasteiger partial charge in [0.25, 0.3) is 0 Å². The largest absolute Gasteiger partial charge is 0.389 e. The van der Waals surface area contributed by atoms with Gasteiger partial charge in [0, 0.05) is 18.9 Å². The van der Waals surface area contributed by atoms with Gasteiger partial charge in [-0.2, -0.15) is 0 Å². The van der Waals surface area contributed by atoms with Gasteiger partial charge in [0.15, 0.2) is 0 Å². The summed E-state index contributed by atoms with van der Waals surface area (Å²) in [7, 11) is 1.99. The molecular weight excluding hydrogens is 224 g/mol. The fourth-order valence-electron chi connectivity index (χ4n) is 1.91. The van der Waals surface area contributed by atoms with Crippen LogP contribution in [-0.4, -0.2) is 17.1 Å². The van der Waals surface area contributed by atoms with Crippen molar-refractivity contribution >= 4 is 11.5 Å². The van der Waals surface area contributed by atoms with Gasteiger partial charge in [-0.05, 0) is 37.1 Å². The van der Waals surface area contributed by atoms with E-state index in [1.165, 1.54) is 5.56 Å². The molecular formula is C15H18N2O. The van der Waals surface area contributed by atoms with Crippen LogP contribution in [0, 0.1) is 6.92 Å². The number of aryl methyl sites for hydroxylation is 1. The molecule has 0 amide bonds. The summed E-state index contributed by atoms with van der Waals surface area (Å²) in [6.07, 6.45) is 1.24. The van der Waals surface area contributed by atoms with Crippen molar-refractivity contribution in [3.8, 4) is 0 Å². The SMILES string of the molecule is Cc1ccccc1N(C)c1ccc([C@H](C)O)cn1. The van der Waals surface area contributed by atoms with Gasteiger partial charge in [0.05, 0.1) is 6.10 Å². The number of rotatable bonds is 3. The van der Waals surface area contributed by atoms with Crippen LogP contribution in [0.3, 0.4) is 0 Å². The Hall–Kier alpha value is -1.87. The summed E-state index contributed by atoms with van der Waals surface area (Å²) in [5.41, 5.74) is 3.17. The highest BCUT2D eigenvalue weighted by Gasteiger charge is 2.08. The Morgan fingerprint density at radius 2 is 1.89 bits per heavy atom. The van der Waals surface area contributed by atoms with Crippen LogP contribution in [0.1, 0.15) is 24.2 Å². The molecule has 0 fully saturated rings. The van der Waals surface area contributed by atoms with Crippen LogP contribution in [0.15, 0.2) is 42.6 Å². The summed E-state index contributed by atoms with van der Waals surface area (Å²) in [6.45, 7) is 3.82. The van der Waals surface area contributed by atoms with Gasteiger partial charge in [-0.25, -0.2) is 4.98 Å². The lowest BCUT2D eigenvalue weighted by atomic mass is 10.1. The normalized spacial score (nSPS) is 12.2. The van der Waals surface area contributed by atoms with Gasteiger partial charge >= 0.3 is 0 Å². The lowest BCUT2D eigenvalue weighted by Crippen LogP contribution is -2.12. The third kappa shape index (κ3) is 2.51. The van der Waals surface area contributed by atoms with E-state index in [0.29, 0.717) is 0 Å². The minimum Gasteiger partial charge on any atom is -0.389 e. The zero-order chi connectivity index (χ0) is 13.1. The summed E-state index contributed by atoms with van der Waals surface area (Å²) in [4.78, 5) is 6.43. The maximum Gasteiger partial charge on any atom is 0.132 e. The molecule has 3 heteroatoms. The number of hydrogen-bond acceptors (Lipinski definition) is 3. The van der Waals surface area contributed by atoms with E-state index in [0.717, 1.165) is 17.1 Å². The van der Waals surface area contributed by atoms with Gasteiger partial charge in [0.2, 0.25) is 0 Å². The summed E-state index contributed by atoms with van der Waals surface area (Å²) < 4.78 is 0. The Kier molecular flexibility index (Phi) is 3.63. The molecule has 0 bridgehead atoms. The molecule has 0 aliphatic rings. The molecule has 1 N–H and O–H groups in total.